The van der Waals surface area contributed by atoms with Crippen LogP contribution in [0.5, 0.6) is 0 Å². The number of hydrogen-bond donors (Lipinski definition) is 1. The molecule has 1 rings (SSSR count). The Hall–Kier alpha value is -1.10. The summed E-state index contributed by atoms with van der Waals surface area (Å²) in [5.41, 5.74) is 4.67. The van der Waals surface area contributed by atoms with Gasteiger partial charge in [-0.3, -0.25) is 4.98 Å². The number of alkyl halides is 2. The number of halogens is 3. The van der Waals surface area contributed by atoms with Gasteiger partial charge in [-0.1, -0.05) is 0 Å². The van der Waals surface area contributed by atoms with E-state index in [1.54, 1.807) is 0 Å². The van der Waals surface area contributed by atoms with Gasteiger partial charge in [0.2, 0.25) is 0 Å². The van der Waals surface area contributed by atoms with Crippen molar-refractivity contribution in [2.45, 2.75) is 13.0 Å². The summed E-state index contributed by atoms with van der Waals surface area (Å²) in [4.78, 5) is 3.44. The van der Waals surface area contributed by atoms with Crippen molar-refractivity contribution < 1.29 is 13.2 Å². The van der Waals surface area contributed by atoms with Crippen molar-refractivity contribution in [3.8, 4) is 0 Å². The zero-order valence-electron chi connectivity index (χ0n) is 6.10. The molecule has 0 atom stereocenters. The monoisotopic (exact) mass is 176 g/mol. The molecule has 1 aromatic rings. The van der Waals surface area contributed by atoms with Crippen molar-refractivity contribution in [1.29, 1.82) is 0 Å². The minimum absolute atomic E-state index is 0.0442. The second-order valence-electron chi connectivity index (χ2n) is 2.21. The van der Waals surface area contributed by atoms with Gasteiger partial charge in [-0.15, -0.1) is 0 Å². The van der Waals surface area contributed by atoms with E-state index in [-0.39, 0.29) is 12.2 Å². The van der Waals surface area contributed by atoms with Crippen LogP contribution < -0.4 is 5.73 Å². The first-order chi connectivity index (χ1) is 5.63. The highest BCUT2D eigenvalue weighted by Crippen LogP contribution is 2.17. The number of rotatable bonds is 2. The Morgan fingerprint density at radius 3 is 2.58 bits per heavy atom. The van der Waals surface area contributed by atoms with Gasteiger partial charge in [-0.25, -0.2) is 13.2 Å². The molecular weight excluding hydrogens is 169 g/mol. The second-order valence-corrected chi connectivity index (χ2v) is 2.21. The van der Waals surface area contributed by atoms with Crippen LogP contribution in [-0.2, 0) is 6.54 Å². The van der Waals surface area contributed by atoms with Crippen LogP contribution in [0.25, 0.3) is 0 Å². The fourth-order valence-electron chi connectivity index (χ4n) is 0.789. The van der Waals surface area contributed by atoms with Crippen LogP contribution in [0.4, 0.5) is 13.2 Å². The maximum atomic E-state index is 12.5. The first kappa shape index (κ1) is 8.99. The molecule has 1 heterocycles. The van der Waals surface area contributed by atoms with Gasteiger partial charge in [-0.2, -0.15) is 0 Å². The van der Waals surface area contributed by atoms with E-state index in [1.165, 1.54) is 0 Å². The van der Waals surface area contributed by atoms with Crippen LogP contribution >= 0.6 is 0 Å². The maximum Gasteiger partial charge on any atom is 0.280 e. The standard InChI is InChI=1S/C7H7F3N2/c8-4-1-5(3-11)12-6(2-4)7(9)10/h1-2,7H,3,11H2. The number of hydrogen-bond acceptors (Lipinski definition) is 2. The Bertz CT molecular complexity index is 275. The summed E-state index contributed by atoms with van der Waals surface area (Å²) < 4.78 is 36.5. The zero-order chi connectivity index (χ0) is 9.14. The van der Waals surface area contributed by atoms with Crippen molar-refractivity contribution in [3.05, 3.63) is 29.3 Å². The molecule has 0 unspecified atom stereocenters. The van der Waals surface area contributed by atoms with Gasteiger partial charge in [0.15, 0.2) is 0 Å². The molecule has 0 bridgehead atoms. The van der Waals surface area contributed by atoms with Gasteiger partial charge in [0, 0.05) is 12.6 Å². The minimum Gasteiger partial charge on any atom is -0.325 e. The quantitative estimate of drug-likeness (QED) is 0.743. The van der Waals surface area contributed by atoms with E-state index in [0.29, 0.717) is 6.07 Å². The Kier molecular flexibility index (Phi) is 2.65. The summed E-state index contributed by atoms with van der Waals surface area (Å²) in [6, 6.07) is 1.73. The van der Waals surface area contributed by atoms with Crippen molar-refractivity contribution in [2.24, 2.45) is 5.73 Å². The first-order valence-corrected chi connectivity index (χ1v) is 3.28. The Morgan fingerprint density at radius 1 is 1.42 bits per heavy atom. The number of nitrogens with two attached hydrogens (primary N) is 1. The average Bonchev–Trinajstić information content (AvgIpc) is 2.03. The molecule has 0 fully saturated rings. The van der Waals surface area contributed by atoms with Crippen LogP contribution in [0.2, 0.25) is 0 Å². The third-order valence-electron chi connectivity index (χ3n) is 1.30. The SMILES string of the molecule is NCc1cc(F)cc(C(F)F)n1. The van der Waals surface area contributed by atoms with E-state index in [4.69, 9.17) is 5.73 Å². The summed E-state index contributed by atoms with van der Waals surface area (Å²) in [5, 5.41) is 0. The van der Waals surface area contributed by atoms with E-state index in [0.717, 1.165) is 6.07 Å². The summed E-state index contributed by atoms with van der Waals surface area (Å²) in [6.07, 6.45) is -2.76. The normalized spacial score (nSPS) is 10.8. The van der Waals surface area contributed by atoms with Crippen molar-refractivity contribution in [3.63, 3.8) is 0 Å². The molecule has 0 saturated heterocycles. The highest BCUT2D eigenvalue weighted by atomic mass is 19.3. The molecule has 0 aromatic carbocycles. The molecule has 12 heavy (non-hydrogen) atoms. The summed E-state index contributed by atoms with van der Waals surface area (Å²) in [6.45, 7) is -0.0442. The van der Waals surface area contributed by atoms with E-state index in [9.17, 15) is 13.2 Å². The summed E-state index contributed by atoms with van der Waals surface area (Å²) in [7, 11) is 0. The Balaban J connectivity index is 3.06. The smallest absolute Gasteiger partial charge is 0.280 e. The molecule has 0 aliphatic rings. The lowest BCUT2D eigenvalue weighted by atomic mass is 10.3. The largest absolute Gasteiger partial charge is 0.325 e. The first-order valence-electron chi connectivity index (χ1n) is 3.28. The highest BCUT2D eigenvalue weighted by Gasteiger charge is 2.10. The molecule has 0 spiro atoms. The lowest BCUT2D eigenvalue weighted by Crippen LogP contribution is -2.03. The average molecular weight is 176 g/mol. The van der Waals surface area contributed by atoms with Gasteiger partial charge in [0.25, 0.3) is 6.43 Å². The molecular formula is C7H7F3N2. The molecule has 66 valence electrons. The van der Waals surface area contributed by atoms with Gasteiger partial charge >= 0.3 is 0 Å². The predicted molar refractivity (Wildman–Crippen MR) is 37.0 cm³/mol. The van der Waals surface area contributed by atoms with Crippen molar-refractivity contribution in [1.82, 2.24) is 4.98 Å². The zero-order valence-corrected chi connectivity index (χ0v) is 6.10. The van der Waals surface area contributed by atoms with Crippen LogP contribution in [0.1, 0.15) is 17.8 Å². The van der Waals surface area contributed by atoms with Gasteiger partial charge < -0.3 is 5.73 Å². The summed E-state index contributed by atoms with van der Waals surface area (Å²) in [5.74, 6) is -0.735. The maximum absolute atomic E-state index is 12.5. The Morgan fingerprint density at radius 2 is 2.08 bits per heavy atom. The van der Waals surface area contributed by atoms with Crippen LogP contribution in [0.15, 0.2) is 12.1 Å². The molecule has 0 amide bonds. The molecule has 2 nitrogen and oxygen atoms in total. The molecule has 0 radical (unpaired) electrons. The predicted octanol–water partition coefficient (Wildman–Crippen LogP) is 1.62. The van der Waals surface area contributed by atoms with Crippen molar-refractivity contribution >= 4 is 0 Å². The lowest BCUT2D eigenvalue weighted by Gasteiger charge is -2.01. The van der Waals surface area contributed by atoms with Gasteiger partial charge in [0.05, 0.1) is 5.69 Å². The van der Waals surface area contributed by atoms with E-state index in [2.05, 4.69) is 4.98 Å². The molecule has 2 N–H and O–H groups in total. The third-order valence-corrected chi connectivity index (χ3v) is 1.30. The lowest BCUT2D eigenvalue weighted by molar-refractivity contribution is 0.145. The number of nitrogens with zero attached hydrogens (tertiary/aromatic N) is 1. The van der Waals surface area contributed by atoms with Crippen LogP contribution in [0, 0.1) is 5.82 Å². The fourth-order valence-corrected chi connectivity index (χ4v) is 0.789. The van der Waals surface area contributed by atoms with Gasteiger partial charge in [-0.05, 0) is 6.07 Å². The molecule has 0 saturated carbocycles. The molecule has 0 aliphatic carbocycles. The fraction of sp³-hybridized carbons (Fsp3) is 0.286. The summed E-state index contributed by atoms with van der Waals surface area (Å²) >= 11 is 0. The van der Waals surface area contributed by atoms with E-state index in [1.807, 2.05) is 0 Å². The van der Waals surface area contributed by atoms with Crippen LogP contribution in [-0.4, -0.2) is 4.98 Å². The highest BCUT2D eigenvalue weighted by molar-refractivity contribution is 5.13. The second kappa shape index (κ2) is 3.53. The topological polar surface area (TPSA) is 38.9 Å². The molecule has 0 aliphatic heterocycles. The van der Waals surface area contributed by atoms with Gasteiger partial charge in [0.1, 0.15) is 11.5 Å². The third kappa shape index (κ3) is 1.94. The molecule has 5 heteroatoms. The molecule has 1 aromatic heterocycles. The number of aromatic nitrogens is 1. The van der Waals surface area contributed by atoms with Crippen molar-refractivity contribution in [2.75, 3.05) is 0 Å². The van der Waals surface area contributed by atoms with E-state index >= 15 is 0 Å². The van der Waals surface area contributed by atoms with E-state index < -0.39 is 17.9 Å². The Labute approximate surface area is 67.2 Å². The number of pyridine rings is 1. The van der Waals surface area contributed by atoms with Crippen LogP contribution in [0.3, 0.4) is 0 Å². The minimum atomic E-state index is -2.76.